The molecular weight excluding hydrogens is 182 g/mol. The molecule has 1 heterocycles. The summed E-state index contributed by atoms with van der Waals surface area (Å²) in [6, 6.07) is 0. The number of amides is 1. The van der Waals surface area contributed by atoms with E-state index >= 15 is 0 Å². The third-order valence-corrected chi connectivity index (χ3v) is 2.01. The molecule has 1 amide bonds. The van der Waals surface area contributed by atoms with Crippen LogP contribution in [0.2, 0.25) is 0 Å². The normalized spacial score (nSPS) is 19.0. The van der Waals surface area contributed by atoms with Gasteiger partial charge in [-0.25, -0.2) is 0 Å². The fourth-order valence-corrected chi connectivity index (χ4v) is 1.06. The second kappa shape index (κ2) is 5.42. The van der Waals surface area contributed by atoms with Crippen LogP contribution in [0.3, 0.4) is 0 Å². The molecule has 1 N–H and O–H groups in total. The van der Waals surface area contributed by atoms with Gasteiger partial charge in [0.05, 0.1) is 12.2 Å². The van der Waals surface area contributed by atoms with Gasteiger partial charge in [-0.15, -0.1) is 0 Å². The molecule has 1 saturated carbocycles. The largest absolute Gasteiger partial charge is 0.435 e. The molecule has 0 aromatic heterocycles. The van der Waals surface area contributed by atoms with Crippen LogP contribution in [0.1, 0.15) is 25.7 Å². The van der Waals surface area contributed by atoms with Gasteiger partial charge in [0.15, 0.2) is 0 Å². The highest BCUT2D eigenvalue weighted by molar-refractivity contribution is 5.77. The summed E-state index contributed by atoms with van der Waals surface area (Å²) < 4.78 is 4.49. The lowest BCUT2D eigenvalue weighted by molar-refractivity contribution is -0.139. The predicted octanol–water partition coefficient (Wildman–Crippen LogP) is 0.980. The Morgan fingerprint density at radius 1 is 1.57 bits per heavy atom. The van der Waals surface area contributed by atoms with E-state index in [1.54, 1.807) is 0 Å². The Bertz CT molecular complexity index is 226. The molecule has 4 nitrogen and oxygen atoms in total. The first-order chi connectivity index (χ1) is 6.74. The van der Waals surface area contributed by atoms with Crippen molar-refractivity contribution in [2.45, 2.75) is 25.7 Å². The average Bonchev–Trinajstić information content (AvgIpc) is 2.91. The molecule has 4 heteroatoms. The van der Waals surface area contributed by atoms with Gasteiger partial charge in [-0.2, -0.15) is 0 Å². The van der Waals surface area contributed by atoms with Crippen molar-refractivity contribution in [1.29, 1.82) is 0 Å². The lowest BCUT2D eigenvalue weighted by Crippen LogP contribution is -2.12. The van der Waals surface area contributed by atoms with Crippen molar-refractivity contribution in [3.05, 3.63) is 12.8 Å². The minimum Gasteiger partial charge on any atom is -0.435 e. The summed E-state index contributed by atoms with van der Waals surface area (Å²) in [5.74, 6) is 0.267. The molecule has 1 aliphatic heterocycles. The molecule has 0 unspecified atom stereocenters. The third-order valence-electron chi connectivity index (χ3n) is 2.01. The average molecular weight is 197 g/mol. The first-order valence-corrected chi connectivity index (χ1v) is 4.82. The van der Waals surface area contributed by atoms with Crippen LogP contribution in [-0.4, -0.2) is 18.4 Å². The molecule has 0 aromatic rings. The summed E-state index contributed by atoms with van der Waals surface area (Å²) in [6.45, 7) is 4.16. The fourth-order valence-electron chi connectivity index (χ4n) is 1.06. The maximum absolute atomic E-state index is 10.5. The van der Waals surface area contributed by atoms with Gasteiger partial charge in [0.2, 0.25) is 5.91 Å². The molecule has 2 aliphatic rings. The first-order valence-electron chi connectivity index (χ1n) is 4.82. The van der Waals surface area contributed by atoms with E-state index in [4.69, 9.17) is 0 Å². The summed E-state index contributed by atoms with van der Waals surface area (Å²) in [6.07, 6.45) is 4.93. The zero-order chi connectivity index (χ0) is 10.4. The standard InChI is InChI=1S/C6H8O2.C4H7NO/c1-2-8-6(7)5-3-4-5;6-4-2-1-3-5-4/h2,5H,1,3-4H2;1-3H2,(H,5,6). The first kappa shape index (κ1) is 10.8. The van der Waals surface area contributed by atoms with Gasteiger partial charge in [-0.3, -0.25) is 9.59 Å². The number of carbonyl (C=O) groups is 2. The Morgan fingerprint density at radius 3 is 2.57 bits per heavy atom. The molecule has 0 aromatic carbocycles. The van der Waals surface area contributed by atoms with Crippen molar-refractivity contribution in [2.75, 3.05) is 6.54 Å². The van der Waals surface area contributed by atoms with Crippen LogP contribution in [0.25, 0.3) is 0 Å². The summed E-state index contributed by atoms with van der Waals surface area (Å²) in [5, 5.41) is 2.68. The number of hydrogen-bond donors (Lipinski definition) is 1. The molecule has 1 saturated heterocycles. The maximum Gasteiger partial charge on any atom is 0.313 e. The van der Waals surface area contributed by atoms with Crippen LogP contribution in [0.5, 0.6) is 0 Å². The van der Waals surface area contributed by atoms with Crippen molar-refractivity contribution in [3.8, 4) is 0 Å². The van der Waals surface area contributed by atoms with Gasteiger partial charge in [0.25, 0.3) is 0 Å². The van der Waals surface area contributed by atoms with Crippen LogP contribution < -0.4 is 5.32 Å². The Kier molecular flexibility index (Phi) is 4.16. The molecule has 0 atom stereocenters. The summed E-state index contributed by atoms with van der Waals surface area (Å²) in [4.78, 5) is 20.6. The minimum absolute atomic E-state index is 0.125. The van der Waals surface area contributed by atoms with Crippen molar-refractivity contribution >= 4 is 11.9 Å². The maximum atomic E-state index is 10.5. The highest BCUT2D eigenvalue weighted by atomic mass is 16.5. The second-order valence-electron chi connectivity index (χ2n) is 3.33. The zero-order valence-corrected chi connectivity index (χ0v) is 8.12. The molecule has 0 spiro atoms. The number of nitrogens with one attached hydrogen (secondary N) is 1. The van der Waals surface area contributed by atoms with E-state index < -0.39 is 0 Å². The van der Waals surface area contributed by atoms with E-state index in [-0.39, 0.29) is 17.8 Å². The topological polar surface area (TPSA) is 55.4 Å². The summed E-state index contributed by atoms with van der Waals surface area (Å²) in [5.41, 5.74) is 0. The molecule has 0 bridgehead atoms. The van der Waals surface area contributed by atoms with Crippen LogP contribution in [0, 0.1) is 5.92 Å². The van der Waals surface area contributed by atoms with Gasteiger partial charge >= 0.3 is 5.97 Å². The predicted molar refractivity (Wildman–Crippen MR) is 51.3 cm³/mol. The number of carbonyl (C=O) groups excluding carboxylic acids is 2. The van der Waals surface area contributed by atoms with Gasteiger partial charge in [-0.05, 0) is 19.3 Å². The fraction of sp³-hybridized carbons (Fsp3) is 0.600. The van der Waals surface area contributed by atoms with Gasteiger partial charge in [-0.1, -0.05) is 6.58 Å². The second-order valence-corrected chi connectivity index (χ2v) is 3.33. The van der Waals surface area contributed by atoms with E-state index in [2.05, 4.69) is 16.6 Å². The molecule has 78 valence electrons. The van der Waals surface area contributed by atoms with Gasteiger partial charge in [0, 0.05) is 13.0 Å². The van der Waals surface area contributed by atoms with Crippen LogP contribution in [-0.2, 0) is 14.3 Å². The molecule has 2 rings (SSSR count). The van der Waals surface area contributed by atoms with Crippen molar-refractivity contribution in [2.24, 2.45) is 5.92 Å². The Hall–Kier alpha value is -1.32. The molecule has 14 heavy (non-hydrogen) atoms. The third kappa shape index (κ3) is 4.07. The summed E-state index contributed by atoms with van der Waals surface area (Å²) in [7, 11) is 0. The zero-order valence-electron chi connectivity index (χ0n) is 8.12. The summed E-state index contributed by atoms with van der Waals surface area (Å²) >= 11 is 0. The number of rotatable bonds is 2. The lowest BCUT2D eigenvalue weighted by atomic mass is 10.4. The van der Waals surface area contributed by atoms with Crippen molar-refractivity contribution < 1.29 is 14.3 Å². The Labute approximate surface area is 83.3 Å². The van der Waals surface area contributed by atoms with E-state index in [1.807, 2.05) is 0 Å². The number of esters is 1. The highest BCUT2D eigenvalue weighted by Gasteiger charge is 2.30. The smallest absolute Gasteiger partial charge is 0.313 e. The molecular formula is C10H15NO3. The van der Waals surface area contributed by atoms with Gasteiger partial charge < -0.3 is 10.1 Å². The van der Waals surface area contributed by atoms with Crippen molar-refractivity contribution in [3.63, 3.8) is 0 Å². The van der Waals surface area contributed by atoms with Crippen LogP contribution in [0.4, 0.5) is 0 Å². The monoisotopic (exact) mass is 197 g/mol. The van der Waals surface area contributed by atoms with E-state index in [0.29, 0.717) is 0 Å². The van der Waals surface area contributed by atoms with Crippen LogP contribution >= 0.6 is 0 Å². The van der Waals surface area contributed by atoms with Crippen molar-refractivity contribution in [1.82, 2.24) is 5.32 Å². The molecule has 2 fully saturated rings. The SMILES string of the molecule is C=COC(=O)C1CC1.O=C1CCCN1. The van der Waals surface area contributed by atoms with Gasteiger partial charge in [0.1, 0.15) is 0 Å². The Morgan fingerprint density at radius 2 is 2.29 bits per heavy atom. The van der Waals surface area contributed by atoms with E-state index in [9.17, 15) is 9.59 Å². The van der Waals surface area contributed by atoms with E-state index in [1.165, 1.54) is 6.26 Å². The minimum atomic E-state index is -0.125. The quantitative estimate of drug-likeness (QED) is 0.530. The number of hydrogen-bond acceptors (Lipinski definition) is 3. The van der Waals surface area contributed by atoms with E-state index in [0.717, 1.165) is 32.2 Å². The number of ether oxygens (including phenoxy) is 1. The molecule has 1 aliphatic carbocycles. The lowest BCUT2D eigenvalue weighted by Gasteiger charge is -1.90. The highest BCUT2D eigenvalue weighted by Crippen LogP contribution is 2.29. The molecule has 0 radical (unpaired) electrons. The Balaban J connectivity index is 0.000000146. The van der Waals surface area contributed by atoms with Crippen LogP contribution in [0.15, 0.2) is 12.8 Å².